The summed E-state index contributed by atoms with van der Waals surface area (Å²) in [6.07, 6.45) is 58.0. The summed E-state index contributed by atoms with van der Waals surface area (Å²) in [5.41, 5.74) is -0.648. The van der Waals surface area contributed by atoms with E-state index in [1.54, 1.807) is 13.8 Å². The lowest BCUT2D eigenvalue weighted by Gasteiger charge is -2.61. The van der Waals surface area contributed by atoms with Gasteiger partial charge in [-0.1, -0.05) is 59.6 Å². The number of carbonyl (C=O) groups excluding carboxylic acids is 8. The number of hydrogen-bond acceptors (Lipinski definition) is 16. The van der Waals surface area contributed by atoms with E-state index in [2.05, 4.69) is 94.2 Å². The second-order valence-electron chi connectivity index (χ2n) is 46.1. The highest BCUT2D eigenvalue weighted by Crippen LogP contribution is 2.69. The van der Waals surface area contributed by atoms with Crippen molar-refractivity contribution < 1.29 is 76.3 Å². The molecule has 0 aromatic heterocycles. The van der Waals surface area contributed by atoms with Gasteiger partial charge in [0.25, 0.3) is 0 Å². The van der Waals surface area contributed by atoms with E-state index in [4.69, 9.17) is 37.9 Å². The standard InChI is InChI=1S/C17H26O2.C16H20O4.C16H24O2.C15H22O2.2C14H20O2.C13H18O2/c1-11(2)15(18)19-16(3,4)17-8-12-5-13(9-17)7-14(6-12)10-17;1-3-13(17)19-15-6-11-5-12(7-15)9-16(8-11,10-15)20-14(18)4-2;1-4-14(17)18-15(2,3)16-8-11-5-12(9-16)7-13(6-11)10-16;1-3-14(16)17-15(4-2)12-6-10-5-11(8-12)9-13(15)7-10;1-9(2)13(15)16-14-6-10-3-11(7-14)5-12(4-10)8-14;1-3-13(15)16-14(2)11-5-9-4-10(7-11)8-12(14)6-9;1-2-12(14)15-13-6-9-3-10(7-13)5-11(4-9)8-13/h12-14H,1,5-10H2,2-4H3;3-4,11-12H,1-2,5-10H2;4,11-13H,1,5-10H2,2-3H3;3,10-13H,1,4-9H2,2H3;10-12H,1,3-8H2,2H3;3,9-12H,1,4-8H2,2H3;2,9-11H,1,3-8H2. The maximum Gasteiger partial charge on any atom is 0.333 e. The van der Waals surface area contributed by atoms with Crippen LogP contribution in [0, 0.1) is 141 Å². The quantitative estimate of drug-likeness (QED) is 0.0668. The number of esters is 8. The zero-order chi connectivity index (χ0) is 86.4. The van der Waals surface area contributed by atoms with E-state index in [0.717, 1.165) is 172 Å². The van der Waals surface area contributed by atoms with Crippen LogP contribution in [0.3, 0.4) is 0 Å². The number of carbonyl (C=O) groups is 8. The van der Waals surface area contributed by atoms with Gasteiger partial charge in [-0.2, -0.15) is 0 Å². The molecule has 0 aliphatic heterocycles. The highest BCUT2D eigenvalue weighted by Gasteiger charge is 2.65. The Morgan fingerprint density at radius 2 is 0.529 bits per heavy atom. The largest absolute Gasteiger partial charge is 0.456 e. The van der Waals surface area contributed by atoms with Gasteiger partial charge >= 0.3 is 47.8 Å². The van der Waals surface area contributed by atoms with Crippen molar-refractivity contribution in [1.82, 2.24) is 0 Å². The Hall–Kier alpha value is -6.32. The van der Waals surface area contributed by atoms with Crippen molar-refractivity contribution in [2.24, 2.45) is 141 Å². The summed E-state index contributed by atoms with van der Waals surface area (Å²) >= 11 is 0. The van der Waals surface area contributed by atoms with Gasteiger partial charge in [-0.05, 0) is 435 Å². The summed E-state index contributed by atoms with van der Waals surface area (Å²) in [4.78, 5) is 92.9. The van der Waals surface area contributed by atoms with E-state index in [-0.39, 0.29) is 92.2 Å². The van der Waals surface area contributed by atoms with Gasteiger partial charge in [0.05, 0.1) is 0 Å². The molecule has 28 aliphatic rings. The first-order valence-corrected chi connectivity index (χ1v) is 48.2. The van der Waals surface area contributed by atoms with Gasteiger partial charge in [-0.15, -0.1) is 0 Å². The smallest absolute Gasteiger partial charge is 0.333 e. The van der Waals surface area contributed by atoms with E-state index >= 15 is 0 Å². The lowest BCUT2D eigenvalue weighted by atomic mass is 9.46. The number of hydrogen-bond donors (Lipinski definition) is 0. The third-order valence-corrected chi connectivity index (χ3v) is 36.7. The Morgan fingerprint density at radius 1 is 0.289 bits per heavy atom. The normalized spacial score (nSPS) is 44.0. The van der Waals surface area contributed by atoms with Crippen molar-refractivity contribution in [1.29, 1.82) is 0 Å². The molecule has 16 heteroatoms. The minimum absolute atomic E-state index is 0.0972. The van der Waals surface area contributed by atoms with E-state index in [0.29, 0.717) is 53.1 Å². The fraction of sp³-hybridized carbons (Fsp3) is 0.771. The minimum atomic E-state index is -0.462. The third kappa shape index (κ3) is 18.5. The first kappa shape index (κ1) is 89.5. The molecule has 121 heavy (non-hydrogen) atoms. The van der Waals surface area contributed by atoms with Gasteiger partial charge in [-0.3, -0.25) is 0 Å². The predicted molar refractivity (Wildman–Crippen MR) is 466 cm³/mol. The summed E-state index contributed by atoms with van der Waals surface area (Å²) in [7, 11) is 0. The molecular formula is C105H150O16. The van der Waals surface area contributed by atoms with E-state index in [1.165, 1.54) is 216 Å². The van der Waals surface area contributed by atoms with Crippen LogP contribution in [0.2, 0.25) is 0 Å². The molecule has 0 saturated heterocycles. The van der Waals surface area contributed by atoms with Crippen LogP contribution >= 0.6 is 0 Å². The molecule has 0 amide bonds. The molecule has 0 radical (unpaired) electrons. The Balaban J connectivity index is 0.000000110. The zero-order valence-corrected chi connectivity index (χ0v) is 75.3. The Bertz CT molecular complexity index is 3770. The van der Waals surface area contributed by atoms with Gasteiger partial charge < -0.3 is 37.9 Å². The second kappa shape index (κ2) is 34.5. The fourth-order valence-electron chi connectivity index (χ4n) is 33.8. The SMILES string of the molecule is C=C(C)C(=O)OC(C)(C)C12CC3CC(CC(C3)C1)C2.C=C(C)C(=O)OC12CC3CC(CC(C3)C1)C2.C=CC(=O)OC(C)(C)C12CC3CC(CC(C3)C1)C2.C=CC(=O)OC1(C)C2CC3CC(C2)CC1C3.C=CC(=O)OC1(CC)C2CC3CC(C2)CC1C3.C=CC(=O)OC12CC3CC(C1)CC(OC(=O)C=C)(C3)C2.C=CC(=O)OC12CC3CC(CC(C3)C1)C2. The van der Waals surface area contributed by atoms with Crippen LogP contribution in [0.5, 0.6) is 0 Å². The first-order valence-electron chi connectivity index (χ1n) is 48.2. The van der Waals surface area contributed by atoms with Crippen molar-refractivity contribution >= 4 is 47.8 Å². The molecule has 28 bridgehead atoms. The van der Waals surface area contributed by atoms with Gasteiger partial charge in [0, 0.05) is 64.9 Å². The maximum absolute atomic E-state index is 11.9. The third-order valence-electron chi connectivity index (χ3n) is 36.7. The van der Waals surface area contributed by atoms with Crippen molar-refractivity contribution in [3.63, 3.8) is 0 Å². The predicted octanol–water partition coefficient (Wildman–Crippen LogP) is 22.4. The van der Waals surface area contributed by atoms with Crippen LogP contribution < -0.4 is 0 Å². The topological polar surface area (TPSA) is 210 Å². The van der Waals surface area contributed by atoms with Crippen LogP contribution in [0.1, 0.15) is 319 Å². The molecule has 0 atom stereocenters. The lowest BCUT2D eigenvalue weighted by Crippen LogP contribution is -2.61. The fourth-order valence-corrected chi connectivity index (χ4v) is 33.8. The molecule has 0 N–H and O–H groups in total. The molecule has 0 aromatic carbocycles. The molecule has 28 saturated carbocycles. The van der Waals surface area contributed by atoms with Crippen LogP contribution in [-0.2, 0) is 76.3 Å². The molecule has 28 rings (SSSR count). The monoisotopic (exact) mass is 1670 g/mol. The first-order chi connectivity index (χ1) is 57.3. The van der Waals surface area contributed by atoms with Gasteiger partial charge in [0.15, 0.2) is 0 Å². The average molecular weight is 1670 g/mol. The number of rotatable bonds is 19. The molecule has 0 unspecified atom stereocenters. The van der Waals surface area contributed by atoms with Crippen molar-refractivity contribution in [2.45, 2.75) is 363 Å². The second-order valence-corrected chi connectivity index (χ2v) is 46.1. The van der Waals surface area contributed by atoms with Crippen molar-refractivity contribution in [2.75, 3.05) is 0 Å². The van der Waals surface area contributed by atoms with Crippen molar-refractivity contribution in [3.05, 3.63) is 100 Å². The Kier molecular flexibility index (Phi) is 25.5. The molecule has 0 aromatic rings. The van der Waals surface area contributed by atoms with E-state index < -0.39 is 11.2 Å². The Morgan fingerprint density at radius 3 is 0.826 bits per heavy atom. The van der Waals surface area contributed by atoms with Gasteiger partial charge in [0.2, 0.25) is 0 Å². The molecule has 28 fully saturated rings. The summed E-state index contributed by atoms with van der Waals surface area (Å²) in [5, 5.41) is 0. The van der Waals surface area contributed by atoms with Gasteiger partial charge in [-0.25, -0.2) is 38.4 Å². The van der Waals surface area contributed by atoms with Crippen LogP contribution in [0.25, 0.3) is 0 Å². The van der Waals surface area contributed by atoms with Crippen LogP contribution in [0.4, 0.5) is 0 Å². The maximum atomic E-state index is 11.9. The summed E-state index contributed by atoms with van der Waals surface area (Å²) in [6, 6.07) is 0. The summed E-state index contributed by atoms with van der Waals surface area (Å²) < 4.78 is 45.9. The average Bonchev–Trinajstić information content (AvgIpc) is 0.787. The molecule has 28 aliphatic carbocycles. The minimum Gasteiger partial charge on any atom is -0.456 e. The lowest BCUT2D eigenvalue weighted by molar-refractivity contribution is -0.227. The van der Waals surface area contributed by atoms with Gasteiger partial charge in [0.1, 0.15) is 44.8 Å². The molecular weight excluding hydrogens is 1520 g/mol. The zero-order valence-electron chi connectivity index (χ0n) is 75.3. The number of ether oxygens (including phenoxy) is 8. The van der Waals surface area contributed by atoms with Crippen LogP contribution in [-0.4, -0.2) is 92.6 Å². The van der Waals surface area contributed by atoms with Crippen molar-refractivity contribution in [3.8, 4) is 0 Å². The molecule has 0 heterocycles. The molecule has 16 nitrogen and oxygen atoms in total. The summed E-state index contributed by atoms with van der Waals surface area (Å²) in [6.45, 7) is 44.6. The summed E-state index contributed by atoms with van der Waals surface area (Å²) in [5.74, 6) is 15.2. The highest BCUT2D eigenvalue weighted by atomic mass is 16.6. The Labute approximate surface area is 724 Å². The highest BCUT2D eigenvalue weighted by molar-refractivity contribution is 5.88. The molecule has 0 spiro atoms. The van der Waals surface area contributed by atoms with E-state index in [9.17, 15) is 38.4 Å². The molecule has 666 valence electrons. The van der Waals surface area contributed by atoms with Crippen LogP contribution in [0.15, 0.2) is 100 Å². The van der Waals surface area contributed by atoms with E-state index in [1.807, 2.05) is 0 Å².